The van der Waals surface area contributed by atoms with E-state index in [1.165, 1.54) is 4.31 Å². The van der Waals surface area contributed by atoms with Crippen molar-refractivity contribution in [3.63, 3.8) is 0 Å². The average Bonchev–Trinajstić information content (AvgIpc) is 3.44. The number of amides is 1. The minimum atomic E-state index is -3.71. The molecule has 1 aliphatic heterocycles. The van der Waals surface area contributed by atoms with Crippen LogP contribution in [0.15, 0.2) is 44.7 Å². The molecule has 9 nitrogen and oxygen atoms in total. The zero-order valence-corrected chi connectivity index (χ0v) is 17.9. The molecule has 0 radical (unpaired) electrons. The Bertz CT molecular complexity index is 1130. The molecule has 11 heteroatoms. The van der Waals surface area contributed by atoms with Crippen LogP contribution in [0.5, 0.6) is 0 Å². The van der Waals surface area contributed by atoms with E-state index in [1.807, 2.05) is 6.92 Å². The van der Waals surface area contributed by atoms with Crippen molar-refractivity contribution in [2.45, 2.75) is 30.4 Å². The topological polar surface area (TPSA) is 118 Å². The van der Waals surface area contributed by atoms with E-state index in [0.29, 0.717) is 48.8 Å². The number of rotatable bonds is 6. The van der Waals surface area contributed by atoms with Gasteiger partial charge in [0.25, 0.3) is 10.0 Å². The number of sulfonamides is 1. The fourth-order valence-electron chi connectivity index (χ4n) is 3.27. The van der Waals surface area contributed by atoms with E-state index < -0.39 is 15.9 Å². The Labute approximate surface area is 178 Å². The Morgan fingerprint density at radius 1 is 1.43 bits per heavy atom. The van der Waals surface area contributed by atoms with Crippen LogP contribution in [0, 0.1) is 5.92 Å². The summed E-state index contributed by atoms with van der Waals surface area (Å²) in [5, 5.41) is 8.41. The van der Waals surface area contributed by atoms with Gasteiger partial charge in [0.2, 0.25) is 17.6 Å². The molecule has 3 aromatic rings. The summed E-state index contributed by atoms with van der Waals surface area (Å²) in [7, 11) is -3.71. The van der Waals surface area contributed by atoms with E-state index >= 15 is 0 Å². The van der Waals surface area contributed by atoms with Gasteiger partial charge in [-0.25, -0.2) is 8.42 Å². The van der Waals surface area contributed by atoms with Crippen molar-refractivity contribution in [1.82, 2.24) is 19.4 Å². The Hall–Kier alpha value is -2.63. The van der Waals surface area contributed by atoms with Crippen LogP contribution in [-0.4, -0.2) is 46.8 Å². The second kappa shape index (κ2) is 8.62. The van der Waals surface area contributed by atoms with Gasteiger partial charge in [0, 0.05) is 36.7 Å². The van der Waals surface area contributed by atoms with Gasteiger partial charge in [-0.15, -0.1) is 11.3 Å². The summed E-state index contributed by atoms with van der Waals surface area (Å²) in [6, 6.07) is 5.04. The number of piperidine rings is 1. The van der Waals surface area contributed by atoms with Crippen LogP contribution in [0.4, 0.5) is 5.69 Å². The van der Waals surface area contributed by atoms with Gasteiger partial charge in [-0.3, -0.25) is 9.78 Å². The van der Waals surface area contributed by atoms with E-state index in [-0.39, 0.29) is 16.7 Å². The molecule has 1 unspecified atom stereocenters. The monoisotopic (exact) mass is 447 g/mol. The largest absolute Gasteiger partial charge is 0.339 e. The Morgan fingerprint density at radius 2 is 2.30 bits per heavy atom. The van der Waals surface area contributed by atoms with Crippen molar-refractivity contribution >= 4 is 33.0 Å². The number of hydrogen-bond acceptors (Lipinski definition) is 8. The smallest absolute Gasteiger partial charge is 0.252 e. The first-order valence-electron chi connectivity index (χ1n) is 9.60. The highest BCUT2D eigenvalue weighted by atomic mass is 32.2. The quantitative estimate of drug-likeness (QED) is 0.617. The summed E-state index contributed by atoms with van der Waals surface area (Å²) < 4.78 is 33.0. The first-order valence-corrected chi connectivity index (χ1v) is 11.9. The minimum absolute atomic E-state index is 0.143. The molecule has 4 heterocycles. The summed E-state index contributed by atoms with van der Waals surface area (Å²) in [4.78, 5) is 20.8. The fourth-order valence-corrected chi connectivity index (χ4v) is 6.10. The van der Waals surface area contributed by atoms with E-state index in [1.54, 1.807) is 36.0 Å². The molecule has 4 rings (SSSR count). The number of aryl methyl sites for hydroxylation is 1. The molecule has 3 aromatic heterocycles. The van der Waals surface area contributed by atoms with Crippen LogP contribution in [0.1, 0.15) is 25.7 Å². The lowest BCUT2D eigenvalue weighted by atomic mass is 9.99. The summed E-state index contributed by atoms with van der Waals surface area (Å²) >= 11 is 1.11. The lowest BCUT2D eigenvalue weighted by molar-refractivity contribution is -0.120. The van der Waals surface area contributed by atoms with Gasteiger partial charge < -0.3 is 9.84 Å². The summed E-state index contributed by atoms with van der Waals surface area (Å²) in [6.07, 6.45) is 5.05. The van der Waals surface area contributed by atoms with Gasteiger partial charge in [0.1, 0.15) is 4.21 Å². The molecule has 0 spiro atoms. The van der Waals surface area contributed by atoms with Gasteiger partial charge >= 0.3 is 0 Å². The third kappa shape index (κ3) is 4.27. The SMILES string of the molecule is CCc1nc(-c2csc(S(=O)(=O)N3CCCC(C(=O)Nc4cccnc4)C3)c2)no1. The molecule has 1 amide bonds. The lowest BCUT2D eigenvalue weighted by Gasteiger charge is -2.30. The zero-order chi connectivity index (χ0) is 21.1. The van der Waals surface area contributed by atoms with Crippen molar-refractivity contribution in [3.05, 3.63) is 41.9 Å². The second-order valence-electron chi connectivity index (χ2n) is 6.95. The molecule has 0 bridgehead atoms. The molecule has 1 saturated heterocycles. The van der Waals surface area contributed by atoms with Crippen LogP contribution in [-0.2, 0) is 21.2 Å². The maximum absolute atomic E-state index is 13.2. The summed E-state index contributed by atoms with van der Waals surface area (Å²) in [5.41, 5.74) is 1.20. The standard InChI is InChI=1S/C19H21N5O4S2/c1-2-16-22-18(23-28-16)14-9-17(29-12-14)30(26,27)24-8-4-5-13(11-24)19(25)21-15-6-3-7-20-10-15/h3,6-7,9-10,12-13H,2,4-5,8,11H2,1H3,(H,21,25). The first kappa shape index (κ1) is 20.6. The molecular formula is C19H21N5O4S2. The molecule has 1 atom stereocenters. The number of carbonyl (C=O) groups is 1. The fraction of sp³-hybridized carbons (Fsp3) is 0.368. The van der Waals surface area contributed by atoms with Crippen LogP contribution in [0.25, 0.3) is 11.4 Å². The van der Waals surface area contributed by atoms with Crippen molar-refractivity contribution in [3.8, 4) is 11.4 Å². The number of nitrogens with one attached hydrogen (secondary N) is 1. The van der Waals surface area contributed by atoms with Crippen molar-refractivity contribution in [2.24, 2.45) is 5.92 Å². The predicted octanol–water partition coefficient (Wildman–Crippen LogP) is 2.79. The zero-order valence-electron chi connectivity index (χ0n) is 16.3. The van der Waals surface area contributed by atoms with Crippen molar-refractivity contribution in [2.75, 3.05) is 18.4 Å². The van der Waals surface area contributed by atoms with Gasteiger partial charge in [-0.05, 0) is 31.0 Å². The molecule has 0 saturated carbocycles. The second-order valence-corrected chi connectivity index (χ2v) is 10.0. The average molecular weight is 448 g/mol. The van der Waals surface area contributed by atoms with Crippen molar-refractivity contribution in [1.29, 1.82) is 0 Å². The van der Waals surface area contributed by atoms with Crippen LogP contribution < -0.4 is 5.32 Å². The molecule has 30 heavy (non-hydrogen) atoms. The van der Waals surface area contributed by atoms with E-state index in [0.717, 1.165) is 11.3 Å². The van der Waals surface area contributed by atoms with Crippen LogP contribution in [0.2, 0.25) is 0 Å². The van der Waals surface area contributed by atoms with Crippen LogP contribution >= 0.6 is 11.3 Å². The minimum Gasteiger partial charge on any atom is -0.339 e. The molecule has 1 aliphatic rings. The number of aromatic nitrogens is 3. The number of carbonyl (C=O) groups excluding carboxylic acids is 1. The van der Waals surface area contributed by atoms with Crippen LogP contribution in [0.3, 0.4) is 0 Å². The molecule has 0 aliphatic carbocycles. The van der Waals surface area contributed by atoms with Gasteiger partial charge in [0.15, 0.2) is 0 Å². The number of anilines is 1. The van der Waals surface area contributed by atoms with Gasteiger partial charge in [-0.2, -0.15) is 9.29 Å². The third-order valence-electron chi connectivity index (χ3n) is 4.88. The molecular weight excluding hydrogens is 426 g/mol. The van der Waals surface area contributed by atoms with Gasteiger partial charge in [0.05, 0.1) is 17.8 Å². The molecule has 0 aromatic carbocycles. The molecule has 158 valence electrons. The Morgan fingerprint density at radius 3 is 3.03 bits per heavy atom. The first-order chi connectivity index (χ1) is 14.5. The van der Waals surface area contributed by atoms with E-state index in [2.05, 4.69) is 20.4 Å². The highest BCUT2D eigenvalue weighted by Gasteiger charge is 2.34. The summed E-state index contributed by atoms with van der Waals surface area (Å²) in [6.45, 7) is 2.43. The lowest BCUT2D eigenvalue weighted by Crippen LogP contribution is -2.43. The number of hydrogen-bond donors (Lipinski definition) is 1. The molecule has 1 fully saturated rings. The third-order valence-corrected chi connectivity index (χ3v) is 8.16. The highest BCUT2D eigenvalue weighted by Crippen LogP contribution is 2.31. The number of nitrogens with zero attached hydrogens (tertiary/aromatic N) is 4. The van der Waals surface area contributed by atoms with E-state index in [9.17, 15) is 13.2 Å². The number of pyridine rings is 1. The Kier molecular flexibility index (Phi) is 5.93. The van der Waals surface area contributed by atoms with Crippen molar-refractivity contribution < 1.29 is 17.7 Å². The normalized spacial score (nSPS) is 17.7. The summed E-state index contributed by atoms with van der Waals surface area (Å²) in [5.74, 6) is 0.252. The van der Waals surface area contributed by atoms with Gasteiger partial charge in [-0.1, -0.05) is 12.1 Å². The number of thiophene rings is 1. The predicted molar refractivity (Wildman–Crippen MR) is 111 cm³/mol. The molecule has 1 N–H and O–H groups in total. The Balaban J connectivity index is 1.48. The maximum Gasteiger partial charge on any atom is 0.252 e. The van der Waals surface area contributed by atoms with E-state index in [4.69, 9.17) is 4.52 Å². The maximum atomic E-state index is 13.2. The highest BCUT2D eigenvalue weighted by molar-refractivity contribution is 7.91.